The molecule has 0 atom stereocenters. The predicted octanol–water partition coefficient (Wildman–Crippen LogP) is 3.16. The summed E-state index contributed by atoms with van der Waals surface area (Å²) < 4.78 is 11.0. The van der Waals surface area contributed by atoms with Crippen molar-refractivity contribution in [2.24, 2.45) is 0 Å². The van der Waals surface area contributed by atoms with Crippen LogP contribution < -0.4 is 15.2 Å². The average molecular weight is 273 g/mol. The molecule has 0 unspecified atom stereocenters. The molecular formula is C15H19N3O2. The second kappa shape index (κ2) is 5.36. The van der Waals surface area contributed by atoms with Gasteiger partial charge in [-0.15, -0.1) is 0 Å². The van der Waals surface area contributed by atoms with Gasteiger partial charge in [0.05, 0.1) is 25.2 Å². The van der Waals surface area contributed by atoms with E-state index in [-0.39, 0.29) is 11.4 Å². The Kier molecular flexibility index (Phi) is 3.79. The lowest BCUT2D eigenvalue weighted by atomic mass is 9.86. The summed E-state index contributed by atoms with van der Waals surface area (Å²) in [4.78, 5) is 8.10. The van der Waals surface area contributed by atoms with Crippen molar-refractivity contribution in [2.75, 3.05) is 12.8 Å². The smallest absolute Gasteiger partial charge is 0.322 e. The van der Waals surface area contributed by atoms with E-state index in [2.05, 4.69) is 30.7 Å². The Bertz CT molecular complexity index is 589. The van der Waals surface area contributed by atoms with Crippen LogP contribution in [0.2, 0.25) is 0 Å². The molecule has 0 amide bonds. The van der Waals surface area contributed by atoms with Crippen molar-refractivity contribution >= 4 is 5.69 Å². The van der Waals surface area contributed by atoms with E-state index < -0.39 is 0 Å². The van der Waals surface area contributed by atoms with Crippen LogP contribution in [-0.4, -0.2) is 17.1 Å². The highest BCUT2D eigenvalue weighted by Gasteiger charge is 2.20. The van der Waals surface area contributed by atoms with Crippen molar-refractivity contribution in [3.8, 4) is 17.5 Å². The van der Waals surface area contributed by atoms with Crippen molar-refractivity contribution in [2.45, 2.75) is 26.2 Å². The van der Waals surface area contributed by atoms with Gasteiger partial charge in [-0.05, 0) is 23.6 Å². The number of nitrogens with zero attached hydrogens (tertiary/aromatic N) is 2. The third kappa shape index (κ3) is 3.17. The van der Waals surface area contributed by atoms with Gasteiger partial charge in [0.15, 0.2) is 0 Å². The molecule has 2 N–H and O–H groups in total. The average Bonchev–Trinajstić information content (AvgIpc) is 2.40. The van der Waals surface area contributed by atoms with E-state index in [0.29, 0.717) is 11.4 Å². The first-order valence-electron chi connectivity index (χ1n) is 6.34. The van der Waals surface area contributed by atoms with Gasteiger partial charge < -0.3 is 15.2 Å². The van der Waals surface area contributed by atoms with Crippen LogP contribution in [0.25, 0.3) is 0 Å². The summed E-state index contributed by atoms with van der Waals surface area (Å²) in [5.41, 5.74) is 7.00. The van der Waals surface area contributed by atoms with Gasteiger partial charge in [0.1, 0.15) is 11.5 Å². The molecule has 0 bridgehead atoms. The first kappa shape index (κ1) is 14.1. The maximum atomic E-state index is 5.76. The molecule has 0 radical (unpaired) electrons. The molecular weight excluding hydrogens is 254 g/mol. The molecule has 0 saturated carbocycles. The minimum atomic E-state index is -0.0856. The Hall–Kier alpha value is -2.30. The number of hydrogen-bond donors (Lipinski definition) is 1. The number of nitrogen functional groups attached to an aromatic ring is 1. The molecule has 5 heteroatoms. The number of ether oxygens (including phenoxy) is 2. The number of nitrogens with two attached hydrogens (primary N) is 1. The number of rotatable bonds is 3. The molecule has 1 aromatic carbocycles. The Morgan fingerprint density at radius 2 is 1.75 bits per heavy atom. The van der Waals surface area contributed by atoms with Crippen LogP contribution in [0.1, 0.15) is 26.3 Å². The number of aromatic nitrogens is 2. The summed E-state index contributed by atoms with van der Waals surface area (Å²) in [5.74, 6) is 1.50. The summed E-state index contributed by atoms with van der Waals surface area (Å²) in [7, 11) is 1.64. The normalized spacial score (nSPS) is 11.2. The SMILES string of the molecule is COc1ccc(Oc2ncc(N)cn2)c(C(C)(C)C)c1. The molecule has 5 nitrogen and oxygen atoms in total. The minimum absolute atomic E-state index is 0.0856. The third-order valence-electron chi connectivity index (χ3n) is 2.84. The van der Waals surface area contributed by atoms with Gasteiger partial charge in [0, 0.05) is 5.56 Å². The van der Waals surface area contributed by atoms with Crippen LogP contribution >= 0.6 is 0 Å². The van der Waals surface area contributed by atoms with Crippen LogP contribution in [0.3, 0.4) is 0 Å². The molecule has 106 valence electrons. The van der Waals surface area contributed by atoms with E-state index in [4.69, 9.17) is 15.2 Å². The van der Waals surface area contributed by atoms with Gasteiger partial charge in [-0.1, -0.05) is 20.8 Å². The Morgan fingerprint density at radius 1 is 1.10 bits per heavy atom. The fourth-order valence-corrected chi connectivity index (χ4v) is 1.79. The van der Waals surface area contributed by atoms with E-state index in [9.17, 15) is 0 Å². The molecule has 20 heavy (non-hydrogen) atoms. The Balaban J connectivity index is 2.38. The zero-order valence-electron chi connectivity index (χ0n) is 12.2. The fraction of sp³-hybridized carbons (Fsp3) is 0.333. The van der Waals surface area contributed by atoms with Gasteiger partial charge in [-0.2, -0.15) is 0 Å². The summed E-state index contributed by atoms with van der Waals surface area (Å²) in [6, 6.07) is 5.95. The van der Waals surface area contributed by atoms with Crippen molar-refractivity contribution in [3.05, 3.63) is 36.2 Å². The first-order valence-corrected chi connectivity index (χ1v) is 6.34. The zero-order valence-corrected chi connectivity index (χ0v) is 12.2. The van der Waals surface area contributed by atoms with Gasteiger partial charge in [0.2, 0.25) is 0 Å². The summed E-state index contributed by atoms with van der Waals surface area (Å²) in [5, 5.41) is 0. The molecule has 0 aliphatic carbocycles. The lowest BCUT2D eigenvalue weighted by molar-refractivity contribution is 0.401. The van der Waals surface area contributed by atoms with Crippen molar-refractivity contribution in [3.63, 3.8) is 0 Å². The largest absolute Gasteiger partial charge is 0.497 e. The van der Waals surface area contributed by atoms with Crippen molar-refractivity contribution in [1.82, 2.24) is 9.97 Å². The minimum Gasteiger partial charge on any atom is -0.497 e. The van der Waals surface area contributed by atoms with E-state index in [1.165, 1.54) is 12.4 Å². The number of methoxy groups -OCH3 is 1. The van der Waals surface area contributed by atoms with Gasteiger partial charge in [0.25, 0.3) is 0 Å². The molecule has 2 rings (SSSR count). The predicted molar refractivity (Wildman–Crippen MR) is 78.2 cm³/mol. The van der Waals surface area contributed by atoms with Crippen molar-refractivity contribution in [1.29, 1.82) is 0 Å². The Morgan fingerprint density at radius 3 is 2.30 bits per heavy atom. The Labute approximate surface area is 118 Å². The zero-order chi connectivity index (χ0) is 14.8. The van der Waals surface area contributed by atoms with Crippen LogP contribution in [0.5, 0.6) is 17.5 Å². The molecule has 0 aliphatic heterocycles. The quantitative estimate of drug-likeness (QED) is 0.930. The fourth-order valence-electron chi connectivity index (χ4n) is 1.79. The number of hydrogen-bond acceptors (Lipinski definition) is 5. The van der Waals surface area contributed by atoms with Gasteiger partial charge in [-0.25, -0.2) is 9.97 Å². The van der Waals surface area contributed by atoms with Crippen LogP contribution in [0.4, 0.5) is 5.69 Å². The van der Waals surface area contributed by atoms with Crippen LogP contribution in [-0.2, 0) is 5.41 Å². The lowest BCUT2D eigenvalue weighted by Crippen LogP contribution is -2.13. The highest BCUT2D eigenvalue weighted by atomic mass is 16.5. The molecule has 0 spiro atoms. The summed E-state index contributed by atoms with van der Waals surface area (Å²) >= 11 is 0. The van der Waals surface area contributed by atoms with Crippen LogP contribution in [0, 0.1) is 0 Å². The van der Waals surface area contributed by atoms with Gasteiger partial charge in [-0.3, -0.25) is 0 Å². The highest BCUT2D eigenvalue weighted by Crippen LogP contribution is 2.35. The van der Waals surface area contributed by atoms with Crippen LogP contribution in [0.15, 0.2) is 30.6 Å². The standard InChI is InChI=1S/C15H19N3O2/c1-15(2,3)12-7-11(19-4)5-6-13(12)20-14-17-8-10(16)9-18-14/h5-9H,16H2,1-4H3. The first-order chi connectivity index (χ1) is 9.40. The van der Waals surface area contributed by atoms with Crippen molar-refractivity contribution < 1.29 is 9.47 Å². The highest BCUT2D eigenvalue weighted by molar-refractivity contribution is 5.45. The van der Waals surface area contributed by atoms with E-state index in [1.807, 2.05) is 18.2 Å². The van der Waals surface area contributed by atoms with E-state index >= 15 is 0 Å². The summed E-state index contributed by atoms with van der Waals surface area (Å²) in [6.45, 7) is 6.33. The topological polar surface area (TPSA) is 70.3 Å². The maximum Gasteiger partial charge on any atom is 0.322 e. The maximum absolute atomic E-state index is 5.76. The molecule has 1 heterocycles. The monoisotopic (exact) mass is 273 g/mol. The third-order valence-corrected chi connectivity index (χ3v) is 2.84. The molecule has 0 fully saturated rings. The van der Waals surface area contributed by atoms with Gasteiger partial charge >= 0.3 is 6.01 Å². The number of anilines is 1. The second-order valence-electron chi connectivity index (χ2n) is 5.51. The molecule has 1 aromatic heterocycles. The lowest BCUT2D eigenvalue weighted by Gasteiger charge is -2.22. The second-order valence-corrected chi connectivity index (χ2v) is 5.51. The summed E-state index contributed by atoms with van der Waals surface area (Å²) in [6.07, 6.45) is 3.03. The van der Waals surface area contributed by atoms with E-state index in [1.54, 1.807) is 7.11 Å². The molecule has 0 saturated heterocycles. The molecule has 2 aromatic rings. The van der Waals surface area contributed by atoms with E-state index in [0.717, 1.165) is 11.3 Å². The molecule has 0 aliphatic rings. The number of benzene rings is 1.